The number of primary amides is 1. The predicted octanol–water partition coefficient (Wildman–Crippen LogP) is 3.52. The lowest BCUT2D eigenvalue weighted by molar-refractivity contribution is -0.147. The van der Waals surface area contributed by atoms with Crippen molar-refractivity contribution in [2.75, 3.05) is 0 Å². The monoisotopic (exact) mass is 503 g/mol. The van der Waals surface area contributed by atoms with Gasteiger partial charge in [0, 0.05) is 23.5 Å². The van der Waals surface area contributed by atoms with E-state index >= 15 is 0 Å². The molecule has 2 aromatic carbocycles. The van der Waals surface area contributed by atoms with Crippen molar-refractivity contribution >= 4 is 23.2 Å². The van der Waals surface area contributed by atoms with Crippen LogP contribution in [0.3, 0.4) is 0 Å². The minimum Gasteiger partial charge on any atom is -0.508 e. The van der Waals surface area contributed by atoms with Crippen molar-refractivity contribution in [3.05, 3.63) is 69.5 Å². The molecule has 0 aliphatic heterocycles. The number of phenols is 1. The highest BCUT2D eigenvalue weighted by molar-refractivity contribution is 6.22. The molecular weight excluding hydrogens is 474 g/mol. The van der Waals surface area contributed by atoms with Crippen LogP contribution in [0.1, 0.15) is 54.9 Å². The summed E-state index contributed by atoms with van der Waals surface area (Å²) >= 11 is 0. The number of Topliss-reactive ketones (excluding diaryl/α,β-unsaturated/α-hetero) is 2. The Morgan fingerprint density at radius 1 is 1.08 bits per heavy atom. The van der Waals surface area contributed by atoms with E-state index in [-0.39, 0.29) is 35.6 Å². The topological polar surface area (TPSA) is 158 Å². The van der Waals surface area contributed by atoms with Crippen molar-refractivity contribution in [3.63, 3.8) is 0 Å². The average molecular weight is 504 g/mol. The SMILES string of the molecule is Cc1ccc(-c2cc(C(C)C)c3c(c2O)C(O)=C2C(=O)[C@]4(O)C(O)=C(C(N)=O)C(=O)C[C@@H]4C[C@@H]2C3)cc1. The molecule has 0 aromatic heterocycles. The number of phenolic OH excluding ortho intramolecular Hbond substituents is 1. The molecule has 8 nitrogen and oxygen atoms in total. The second kappa shape index (κ2) is 8.31. The van der Waals surface area contributed by atoms with Gasteiger partial charge in [-0.25, -0.2) is 0 Å². The van der Waals surface area contributed by atoms with Crippen molar-refractivity contribution in [1.82, 2.24) is 0 Å². The van der Waals surface area contributed by atoms with Crippen LogP contribution in [0.4, 0.5) is 0 Å². The number of amides is 1. The number of hydrogen-bond acceptors (Lipinski definition) is 7. The van der Waals surface area contributed by atoms with Crippen LogP contribution in [-0.4, -0.2) is 43.5 Å². The highest BCUT2D eigenvalue weighted by atomic mass is 16.3. The normalized spacial score (nSPS) is 25.2. The number of aliphatic hydroxyl groups excluding tert-OH is 2. The lowest BCUT2D eigenvalue weighted by atomic mass is 9.59. The fourth-order valence-corrected chi connectivity index (χ4v) is 6.19. The summed E-state index contributed by atoms with van der Waals surface area (Å²) in [4.78, 5) is 38.1. The lowest BCUT2D eigenvalue weighted by Crippen LogP contribution is -2.58. The standard InChI is InChI=1S/C29H29NO7/c1-12(2)17-11-18(14-6-4-13(3)5-7-14)24(32)22-19(17)9-15-8-16-10-20(31)23(28(30)36)27(35)29(16,37)26(34)21(15)25(22)33/h4-7,11-12,15-16,32-33,35,37H,8-10H2,1-3H3,(H2,30,36)/t15-,16+,29+/m1/s1. The fourth-order valence-electron chi connectivity index (χ4n) is 6.19. The number of carbonyl (C=O) groups excluding carboxylic acids is 3. The van der Waals surface area contributed by atoms with Gasteiger partial charge in [0.1, 0.15) is 22.8 Å². The molecule has 0 unspecified atom stereocenters. The number of rotatable bonds is 3. The first-order chi connectivity index (χ1) is 17.4. The Kier molecular flexibility index (Phi) is 5.56. The number of aromatic hydroxyl groups is 1. The first-order valence-corrected chi connectivity index (χ1v) is 12.3. The van der Waals surface area contributed by atoms with E-state index in [4.69, 9.17) is 5.73 Å². The van der Waals surface area contributed by atoms with Gasteiger partial charge in [0.05, 0.1) is 5.56 Å². The van der Waals surface area contributed by atoms with Crippen LogP contribution in [0.5, 0.6) is 5.75 Å². The van der Waals surface area contributed by atoms with Crippen LogP contribution >= 0.6 is 0 Å². The van der Waals surface area contributed by atoms with E-state index in [1.54, 1.807) is 0 Å². The molecule has 0 bridgehead atoms. The molecule has 6 N–H and O–H groups in total. The van der Waals surface area contributed by atoms with E-state index in [1.807, 2.05) is 51.1 Å². The first-order valence-electron chi connectivity index (χ1n) is 12.3. The molecule has 3 aliphatic rings. The average Bonchev–Trinajstić information content (AvgIpc) is 2.82. The second-order valence-electron chi connectivity index (χ2n) is 10.6. The number of aryl methyl sites for hydroxylation is 1. The van der Waals surface area contributed by atoms with E-state index in [9.17, 15) is 34.8 Å². The third-order valence-corrected chi connectivity index (χ3v) is 8.08. The largest absolute Gasteiger partial charge is 0.508 e. The maximum Gasteiger partial charge on any atom is 0.255 e. The van der Waals surface area contributed by atoms with Gasteiger partial charge in [0.25, 0.3) is 5.91 Å². The Balaban J connectivity index is 1.75. The van der Waals surface area contributed by atoms with E-state index in [2.05, 4.69) is 0 Å². The molecule has 0 spiro atoms. The molecular formula is C29H29NO7. The molecule has 0 radical (unpaired) electrons. The van der Waals surface area contributed by atoms with Gasteiger partial charge < -0.3 is 26.2 Å². The van der Waals surface area contributed by atoms with Crippen molar-refractivity contribution in [2.45, 2.75) is 51.6 Å². The molecule has 5 rings (SSSR count). The van der Waals surface area contributed by atoms with Gasteiger partial charge in [-0.3, -0.25) is 14.4 Å². The summed E-state index contributed by atoms with van der Waals surface area (Å²) in [5, 5.41) is 45.0. The minimum atomic E-state index is -2.57. The van der Waals surface area contributed by atoms with Crippen LogP contribution in [0.25, 0.3) is 16.9 Å². The number of carbonyl (C=O) groups is 3. The summed E-state index contributed by atoms with van der Waals surface area (Å²) in [6.45, 7) is 5.95. The van der Waals surface area contributed by atoms with Crippen molar-refractivity contribution in [3.8, 4) is 16.9 Å². The molecule has 2 aromatic rings. The number of fused-ring (bicyclic) bond motifs is 3. The first kappa shape index (κ1) is 24.8. The number of hydrogen-bond donors (Lipinski definition) is 5. The number of nitrogens with two attached hydrogens (primary N) is 1. The number of ketones is 2. The van der Waals surface area contributed by atoms with Crippen LogP contribution in [-0.2, 0) is 20.8 Å². The van der Waals surface area contributed by atoms with E-state index in [1.165, 1.54) is 0 Å². The molecule has 0 saturated heterocycles. The Hall–Kier alpha value is -3.91. The zero-order valence-electron chi connectivity index (χ0n) is 20.8. The maximum absolute atomic E-state index is 13.7. The van der Waals surface area contributed by atoms with Crippen LogP contribution in [0.15, 0.2) is 47.2 Å². The Labute approximate surface area is 213 Å². The Morgan fingerprint density at radius 3 is 2.32 bits per heavy atom. The minimum absolute atomic E-state index is 0.0329. The van der Waals surface area contributed by atoms with E-state index in [0.29, 0.717) is 17.5 Å². The van der Waals surface area contributed by atoms with Crippen molar-refractivity contribution < 1.29 is 34.8 Å². The molecule has 1 saturated carbocycles. The third-order valence-electron chi connectivity index (χ3n) is 8.08. The lowest BCUT2D eigenvalue weighted by Gasteiger charge is -2.46. The van der Waals surface area contributed by atoms with Gasteiger partial charge in [0.15, 0.2) is 11.4 Å². The molecule has 37 heavy (non-hydrogen) atoms. The summed E-state index contributed by atoms with van der Waals surface area (Å²) in [6.07, 6.45) is 0.0706. The van der Waals surface area contributed by atoms with Crippen LogP contribution in [0.2, 0.25) is 0 Å². The van der Waals surface area contributed by atoms with Gasteiger partial charge in [-0.15, -0.1) is 0 Å². The van der Waals surface area contributed by atoms with Crippen LogP contribution in [0, 0.1) is 18.8 Å². The van der Waals surface area contributed by atoms with Gasteiger partial charge >= 0.3 is 0 Å². The van der Waals surface area contributed by atoms with Gasteiger partial charge in [0.2, 0.25) is 5.78 Å². The molecule has 1 amide bonds. The highest BCUT2D eigenvalue weighted by Gasteiger charge is 2.60. The fraction of sp³-hybridized carbons (Fsp3) is 0.345. The molecule has 8 heteroatoms. The highest BCUT2D eigenvalue weighted by Crippen LogP contribution is 2.54. The number of benzene rings is 2. The number of aliphatic hydroxyl groups is 3. The quantitative estimate of drug-likeness (QED) is 0.401. The van der Waals surface area contributed by atoms with E-state index in [0.717, 1.165) is 16.7 Å². The molecule has 3 atom stereocenters. The van der Waals surface area contributed by atoms with Gasteiger partial charge in [-0.1, -0.05) is 43.7 Å². The zero-order valence-corrected chi connectivity index (χ0v) is 20.8. The third kappa shape index (κ3) is 3.43. The summed E-state index contributed by atoms with van der Waals surface area (Å²) in [6, 6.07) is 9.45. The summed E-state index contributed by atoms with van der Waals surface area (Å²) in [7, 11) is 0. The maximum atomic E-state index is 13.7. The summed E-state index contributed by atoms with van der Waals surface area (Å²) in [5.41, 5.74) is 5.74. The van der Waals surface area contributed by atoms with Crippen LogP contribution < -0.4 is 5.73 Å². The van der Waals surface area contributed by atoms with E-state index < -0.39 is 52.0 Å². The Bertz CT molecular complexity index is 1450. The second-order valence-corrected chi connectivity index (χ2v) is 10.6. The molecule has 0 heterocycles. The molecule has 3 aliphatic carbocycles. The molecule has 192 valence electrons. The summed E-state index contributed by atoms with van der Waals surface area (Å²) < 4.78 is 0. The van der Waals surface area contributed by atoms with Gasteiger partial charge in [-0.2, -0.15) is 0 Å². The molecule has 1 fully saturated rings. The van der Waals surface area contributed by atoms with Gasteiger partial charge in [-0.05, 0) is 54.4 Å². The Morgan fingerprint density at radius 2 is 1.73 bits per heavy atom. The predicted molar refractivity (Wildman–Crippen MR) is 136 cm³/mol. The van der Waals surface area contributed by atoms with Crippen molar-refractivity contribution in [1.29, 1.82) is 0 Å². The summed E-state index contributed by atoms with van der Waals surface area (Å²) in [5.74, 6) is -6.20. The van der Waals surface area contributed by atoms with Crippen molar-refractivity contribution in [2.24, 2.45) is 17.6 Å². The smallest absolute Gasteiger partial charge is 0.255 e. The zero-order chi connectivity index (χ0) is 27.0.